The van der Waals surface area contributed by atoms with E-state index in [0.29, 0.717) is 16.9 Å². The Balaban J connectivity index is 2.64. The number of allylic oxidation sites excluding steroid dienone is 3. The summed E-state index contributed by atoms with van der Waals surface area (Å²) in [4.78, 5) is 11.8. The number of nitrogens with two attached hydrogens (primary N) is 1. The number of halogens is 1. The second-order valence-electron chi connectivity index (χ2n) is 4.50. The van der Waals surface area contributed by atoms with Gasteiger partial charge in [-0.1, -0.05) is 12.1 Å². The van der Waals surface area contributed by atoms with Gasteiger partial charge in [0.05, 0.1) is 5.92 Å². The minimum Gasteiger partial charge on any atom is -0.445 e. The summed E-state index contributed by atoms with van der Waals surface area (Å²) in [6.07, 6.45) is 0. The molecule has 102 valence electrons. The Morgan fingerprint density at radius 3 is 2.50 bits per heavy atom. The number of rotatable bonds is 2. The molecule has 1 atom stereocenters. The van der Waals surface area contributed by atoms with Gasteiger partial charge in [0.15, 0.2) is 5.78 Å². The topological polar surface area (TPSA) is 76.1 Å². The predicted octanol–water partition coefficient (Wildman–Crippen LogP) is 2.50. The summed E-state index contributed by atoms with van der Waals surface area (Å²) in [7, 11) is 0. The summed E-state index contributed by atoms with van der Waals surface area (Å²) < 4.78 is 18.3. The van der Waals surface area contributed by atoms with Crippen molar-refractivity contribution in [3.8, 4) is 6.07 Å². The van der Waals surface area contributed by atoms with Crippen molar-refractivity contribution < 1.29 is 13.9 Å². The molecule has 0 fully saturated rings. The first-order chi connectivity index (χ1) is 9.45. The van der Waals surface area contributed by atoms with Gasteiger partial charge in [-0.25, -0.2) is 4.39 Å². The second-order valence-corrected chi connectivity index (χ2v) is 4.50. The highest BCUT2D eigenvalue weighted by atomic mass is 19.1. The zero-order valence-electron chi connectivity index (χ0n) is 11.1. The van der Waals surface area contributed by atoms with Gasteiger partial charge in [0, 0.05) is 5.57 Å². The number of ketones is 1. The average molecular weight is 272 g/mol. The van der Waals surface area contributed by atoms with Crippen molar-refractivity contribution in [2.75, 3.05) is 0 Å². The third-order valence-electron chi connectivity index (χ3n) is 3.19. The zero-order chi connectivity index (χ0) is 14.9. The van der Waals surface area contributed by atoms with Gasteiger partial charge in [-0.15, -0.1) is 0 Å². The molecule has 1 aliphatic heterocycles. The van der Waals surface area contributed by atoms with Crippen molar-refractivity contribution in [3.63, 3.8) is 0 Å². The van der Waals surface area contributed by atoms with Crippen LogP contribution >= 0.6 is 0 Å². The van der Waals surface area contributed by atoms with Crippen LogP contribution in [0.1, 0.15) is 25.3 Å². The van der Waals surface area contributed by atoms with E-state index in [1.165, 1.54) is 31.2 Å². The number of Topliss-reactive ketones (excluding diaryl/α,β-unsaturated/α-hetero) is 1. The number of ether oxygens (including phenoxy) is 1. The molecule has 1 aromatic rings. The Morgan fingerprint density at radius 2 is 2.00 bits per heavy atom. The number of nitriles is 1. The van der Waals surface area contributed by atoms with E-state index in [4.69, 9.17) is 10.5 Å². The van der Waals surface area contributed by atoms with Crippen LogP contribution in [-0.2, 0) is 9.53 Å². The smallest absolute Gasteiger partial charge is 0.205 e. The number of hydrogen-bond acceptors (Lipinski definition) is 4. The predicted molar refractivity (Wildman–Crippen MR) is 70.4 cm³/mol. The van der Waals surface area contributed by atoms with Crippen LogP contribution in [0.25, 0.3) is 0 Å². The van der Waals surface area contributed by atoms with E-state index in [9.17, 15) is 14.4 Å². The summed E-state index contributed by atoms with van der Waals surface area (Å²) in [5.41, 5.74) is 6.86. The van der Waals surface area contributed by atoms with E-state index < -0.39 is 5.92 Å². The van der Waals surface area contributed by atoms with Crippen LogP contribution < -0.4 is 5.73 Å². The number of hydrogen-bond donors (Lipinski definition) is 1. The highest BCUT2D eigenvalue weighted by molar-refractivity contribution is 5.96. The van der Waals surface area contributed by atoms with Crippen molar-refractivity contribution in [1.29, 1.82) is 5.26 Å². The molecule has 1 aliphatic rings. The Labute approximate surface area is 116 Å². The average Bonchev–Trinajstić information content (AvgIpc) is 2.38. The normalized spacial score (nSPS) is 18.6. The third kappa shape index (κ3) is 2.28. The first kappa shape index (κ1) is 13.8. The molecule has 2 rings (SSSR count). The van der Waals surface area contributed by atoms with Crippen molar-refractivity contribution in [1.82, 2.24) is 0 Å². The number of nitrogens with zero attached hydrogens (tertiary/aromatic N) is 1. The summed E-state index contributed by atoms with van der Waals surface area (Å²) in [6.45, 7) is 3.02. The molecule has 0 amide bonds. The second kappa shape index (κ2) is 5.17. The van der Waals surface area contributed by atoms with Crippen LogP contribution in [-0.4, -0.2) is 5.78 Å². The van der Waals surface area contributed by atoms with Gasteiger partial charge in [0.1, 0.15) is 23.2 Å². The van der Waals surface area contributed by atoms with Gasteiger partial charge >= 0.3 is 0 Å². The highest BCUT2D eigenvalue weighted by Gasteiger charge is 2.33. The molecule has 0 radical (unpaired) electrons. The molecule has 2 N–H and O–H groups in total. The van der Waals surface area contributed by atoms with Crippen molar-refractivity contribution in [3.05, 3.63) is 58.4 Å². The van der Waals surface area contributed by atoms with Crippen molar-refractivity contribution in [2.45, 2.75) is 19.8 Å². The standard InChI is InChI=1S/C15H13FN2O2/c1-8(19)13-9(2)20-15(18)12(7-17)14(13)10-3-5-11(16)6-4-10/h3-6,14H,18H2,1-2H3/t14-/m0/s1. The molecule has 0 unspecified atom stereocenters. The van der Waals surface area contributed by atoms with Crippen molar-refractivity contribution in [2.24, 2.45) is 5.73 Å². The molecule has 5 heteroatoms. The summed E-state index contributed by atoms with van der Waals surface area (Å²) in [5, 5.41) is 9.26. The quantitative estimate of drug-likeness (QED) is 0.897. The monoisotopic (exact) mass is 272 g/mol. The Hall–Kier alpha value is -2.61. The molecule has 20 heavy (non-hydrogen) atoms. The molecule has 0 saturated carbocycles. The van der Waals surface area contributed by atoms with E-state index in [2.05, 4.69) is 0 Å². The summed E-state index contributed by atoms with van der Waals surface area (Å²) in [6, 6.07) is 7.60. The lowest BCUT2D eigenvalue weighted by molar-refractivity contribution is -0.114. The lowest BCUT2D eigenvalue weighted by Crippen LogP contribution is -2.23. The van der Waals surface area contributed by atoms with Crippen LogP contribution in [0.2, 0.25) is 0 Å². The zero-order valence-corrected chi connectivity index (χ0v) is 11.1. The minimum absolute atomic E-state index is 0.0238. The number of carbonyl (C=O) groups excluding carboxylic acids is 1. The third-order valence-corrected chi connectivity index (χ3v) is 3.19. The van der Waals surface area contributed by atoms with Crippen LogP contribution in [0.5, 0.6) is 0 Å². The lowest BCUT2D eigenvalue weighted by Gasteiger charge is -2.26. The van der Waals surface area contributed by atoms with Gasteiger partial charge in [0.25, 0.3) is 0 Å². The Kier molecular flexibility index (Phi) is 3.57. The highest BCUT2D eigenvalue weighted by Crippen LogP contribution is 2.39. The van der Waals surface area contributed by atoms with E-state index in [1.807, 2.05) is 6.07 Å². The maximum Gasteiger partial charge on any atom is 0.205 e. The molecule has 0 spiro atoms. The molecule has 0 aliphatic carbocycles. The van der Waals surface area contributed by atoms with E-state index in [0.717, 1.165) is 0 Å². The van der Waals surface area contributed by atoms with E-state index in [-0.39, 0.29) is 23.1 Å². The first-order valence-corrected chi connectivity index (χ1v) is 6.00. The SMILES string of the molecule is CC(=O)C1=C(C)OC(N)=C(C#N)[C@@H]1c1ccc(F)cc1. The largest absolute Gasteiger partial charge is 0.445 e. The molecular weight excluding hydrogens is 259 g/mol. The summed E-state index contributed by atoms with van der Waals surface area (Å²) in [5.74, 6) is -0.877. The lowest BCUT2D eigenvalue weighted by atomic mass is 9.81. The van der Waals surface area contributed by atoms with E-state index in [1.54, 1.807) is 6.92 Å². The van der Waals surface area contributed by atoms with Crippen LogP contribution in [0.4, 0.5) is 4.39 Å². The number of carbonyl (C=O) groups is 1. The van der Waals surface area contributed by atoms with Gasteiger partial charge in [0.2, 0.25) is 5.88 Å². The maximum absolute atomic E-state index is 13.0. The molecule has 0 bridgehead atoms. The van der Waals surface area contributed by atoms with Gasteiger partial charge in [-0.05, 0) is 31.5 Å². The Bertz CT molecular complexity index is 666. The molecule has 1 heterocycles. The van der Waals surface area contributed by atoms with Gasteiger partial charge in [-0.2, -0.15) is 5.26 Å². The van der Waals surface area contributed by atoms with E-state index >= 15 is 0 Å². The fourth-order valence-corrected chi connectivity index (χ4v) is 2.32. The molecule has 1 aromatic carbocycles. The van der Waals surface area contributed by atoms with Crippen LogP contribution in [0, 0.1) is 17.1 Å². The minimum atomic E-state index is -0.619. The molecule has 0 saturated heterocycles. The molecule has 0 aromatic heterocycles. The maximum atomic E-state index is 13.0. The first-order valence-electron chi connectivity index (χ1n) is 6.00. The van der Waals surface area contributed by atoms with Crippen LogP contribution in [0.3, 0.4) is 0 Å². The molecule has 4 nitrogen and oxygen atoms in total. The van der Waals surface area contributed by atoms with Crippen molar-refractivity contribution >= 4 is 5.78 Å². The fourth-order valence-electron chi connectivity index (χ4n) is 2.32. The fraction of sp³-hybridized carbons (Fsp3) is 0.200. The van der Waals surface area contributed by atoms with Crippen LogP contribution in [0.15, 0.2) is 47.1 Å². The van der Waals surface area contributed by atoms with Gasteiger partial charge in [-0.3, -0.25) is 4.79 Å². The summed E-state index contributed by atoms with van der Waals surface area (Å²) >= 11 is 0. The molecular formula is C15H13FN2O2. The van der Waals surface area contributed by atoms with Gasteiger partial charge < -0.3 is 10.5 Å². The number of benzene rings is 1. The Morgan fingerprint density at radius 1 is 1.40 bits per heavy atom.